The topological polar surface area (TPSA) is 36.5 Å². The van der Waals surface area contributed by atoms with Crippen molar-refractivity contribution in [3.8, 4) is 0 Å². The Morgan fingerprint density at radius 2 is 1.69 bits per heavy atom. The second-order valence-corrected chi connectivity index (χ2v) is 6.99. The molecule has 5 heteroatoms. The predicted octanol–water partition coefficient (Wildman–Crippen LogP) is 2.59. The van der Waals surface area contributed by atoms with Gasteiger partial charge in [0.1, 0.15) is 0 Å². The van der Waals surface area contributed by atoms with Gasteiger partial charge in [-0.25, -0.2) is 0 Å². The average molecular weight is 370 g/mol. The first-order valence-electron chi connectivity index (χ1n) is 9.23. The molecule has 2 N–H and O–H groups in total. The van der Waals surface area contributed by atoms with Gasteiger partial charge in [-0.3, -0.25) is 4.90 Å². The summed E-state index contributed by atoms with van der Waals surface area (Å²) < 4.78 is 5.88. The molecule has 138 valence electrons. The van der Waals surface area contributed by atoms with Gasteiger partial charge in [-0.1, -0.05) is 60.7 Å². The lowest BCUT2D eigenvalue weighted by Gasteiger charge is -2.33. The summed E-state index contributed by atoms with van der Waals surface area (Å²) >= 11 is 5.38. The van der Waals surface area contributed by atoms with E-state index in [0.717, 1.165) is 45.8 Å². The first kappa shape index (κ1) is 18.8. The highest BCUT2D eigenvalue weighted by atomic mass is 32.1. The van der Waals surface area contributed by atoms with Crippen LogP contribution in [0.25, 0.3) is 0 Å². The molecule has 1 atom stereocenters. The lowest BCUT2D eigenvalue weighted by molar-refractivity contribution is -0.0280. The van der Waals surface area contributed by atoms with Crippen LogP contribution in [0, 0.1) is 0 Å². The number of nitrogens with zero attached hydrogens (tertiary/aromatic N) is 1. The fourth-order valence-electron chi connectivity index (χ4n) is 3.12. The van der Waals surface area contributed by atoms with E-state index in [1.54, 1.807) is 0 Å². The van der Waals surface area contributed by atoms with Gasteiger partial charge in [0, 0.05) is 32.7 Å². The Labute approximate surface area is 161 Å². The molecule has 1 aliphatic rings. The van der Waals surface area contributed by atoms with Crippen molar-refractivity contribution in [2.75, 3.05) is 32.8 Å². The zero-order chi connectivity index (χ0) is 18.0. The first-order valence-corrected chi connectivity index (χ1v) is 9.64. The van der Waals surface area contributed by atoms with Gasteiger partial charge in [0.05, 0.1) is 12.7 Å². The summed E-state index contributed by atoms with van der Waals surface area (Å²) in [4.78, 5) is 2.44. The minimum atomic E-state index is 0.168. The molecule has 2 aromatic rings. The standard InChI is InChI=1S/C21H27N3OS/c26-21(22-12-11-18-7-3-1-4-8-18)23-15-20-17-24(13-14-25-20)16-19-9-5-2-6-10-19/h1-10,20H,11-17H2,(H2,22,23,26)/t20-/m1/s1. The van der Waals surface area contributed by atoms with Crippen molar-refractivity contribution in [1.29, 1.82) is 0 Å². The van der Waals surface area contributed by atoms with Crippen LogP contribution in [0.2, 0.25) is 0 Å². The van der Waals surface area contributed by atoms with Crippen LogP contribution in [0.1, 0.15) is 11.1 Å². The molecule has 0 radical (unpaired) electrons. The van der Waals surface area contributed by atoms with E-state index in [1.165, 1.54) is 11.1 Å². The van der Waals surface area contributed by atoms with Crippen molar-refractivity contribution in [3.05, 3.63) is 71.8 Å². The van der Waals surface area contributed by atoms with E-state index < -0.39 is 0 Å². The van der Waals surface area contributed by atoms with Gasteiger partial charge in [-0.2, -0.15) is 0 Å². The first-order chi connectivity index (χ1) is 12.8. The third-order valence-corrected chi connectivity index (χ3v) is 4.79. The second-order valence-electron chi connectivity index (χ2n) is 6.59. The Balaban J connectivity index is 1.34. The third kappa shape index (κ3) is 6.41. The van der Waals surface area contributed by atoms with E-state index in [9.17, 15) is 0 Å². The number of rotatable bonds is 7. The molecule has 3 rings (SSSR count). The van der Waals surface area contributed by atoms with E-state index in [0.29, 0.717) is 5.11 Å². The number of benzene rings is 2. The molecule has 0 amide bonds. The Kier molecular flexibility index (Phi) is 7.43. The van der Waals surface area contributed by atoms with Crippen molar-refractivity contribution in [1.82, 2.24) is 15.5 Å². The van der Waals surface area contributed by atoms with Gasteiger partial charge in [-0.15, -0.1) is 0 Å². The van der Waals surface area contributed by atoms with Crippen LogP contribution in [0.4, 0.5) is 0 Å². The normalized spacial score (nSPS) is 17.6. The molecule has 0 unspecified atom stereocenters. The summed E-state index contributed by atoms with van der Waals surface area (Å²) in [5.74, 6) is 0. The van der Waals surface area contributed by atoms with Crippen LogP contribution in [0.3, 0.4) is 0 Å². The van der Waals surface area contributed by atoms with E-state index >= 15 is 0 Å². The van der Waals surface area contributed by atoms with Gasteiger partial charge in [0.25, 0.3) is 0 Å². The minimum absolute atomic E-state index is 0.168. The van der Waals surface area contributed by atoms with Gasteiger partial charge < -0.3 is 15.4 Å². The monoisotopic (exact) mass is 369 g/mol. The fourth-order valence-corrected chi connectivity index (χ4v) is 3.31. The summed E-state index contributed by atoms with van der Waals surface area (Å²) in [5, 5.41) is 7.26. The van der Waals surface area contributed by atoms with Crippen molar-refractivity contribution < 1.29 is 4.74 Å². The lowest BCUT2D eigenvalue weighted by Crippen LogP contribution is -2.48. The highest BCUT2D eigenvalue weighted by Gasteiger charge is 2.20. The summed E-state index contributed by atoms with van der Waals surface area (Å²) in [6, 6.07) is 21.0. The molecule has 0 saturated carbocycles. The molecule has 4 nitrogen and oxygen atoms in total. The Morgan fingerprint density at radius 1 is 1.00 bits per heavy atom. The Hall–Kier alpha value is -1.95. The second kappa shape index (κ2) is 10.3. The van der Waals surface area contributed by atoms with Gasteiger partial charge in [0.2, 0.25) is 0 Å². The maximum absolute atomic E-state index is 5.88. The molecule has 0 spiro atoms. The van der Waals surface area contributed by atoms with Crippen molar-refractivity contribution in [2.24, 2.45) is 0 Å². The van der Waals surface area contributed by atoms with Gasteiger partial charge in [0.15, 0.2) is 5.11 Å². The quantitative estimate of drug-likeness (QED) is 0.734. The fraction of sp³-hybridized carbons (Fsp3) is 0.381. The molecule has 0 aliphatic carbocycles. The largest absolute Gasteiger partial charge is 0.374 e. The zero-order valence-corrected chi connectivity index (χ0v) is 15.9. The summed E-state index contributed by atoms with van der Waals surface area (Å²) in [6.07, 6.45) is 1.13. The van der Waals surface area contributed by atoms with Gasteiger partial charge in [-0.05, 0) is 29.8 Å². The van der Waals surface area contributed by atoms with Crippen LogP contribution in [-0.4, -0.2) is 48.9 Å². The highest BCUT2D eigenvalue weighted by Crippen LogP contribution is 2.10. The van der Waals surface area contributed by atoms with Crippen molar-refractivity contribution in [3.63, 3.8) is 0 Å². The van der Waals surface area contributed by atoms with Gasteiger partial charge >= 0.3 is 0 Å². The average Bonchev–Trinajstić information content (AvgIpc) is 2.68. The number of nitrogens with one attached hydrogen (secondary N) is 2. The maximum atomic E-state index is 5.88. The third-order valence-electron chi connectivity index (χ3n) is 4.50. The van der Waals surface area contributed by atoms with Crippen molar-refractivity contribution in [2.45, 2.75) is 19.1 Å². The molecule has 1 saturated heterocycles. The number of ether oxygens (including phenoxy) is 1. The summed E-state index contributed by atoms with van der Waals surface area (Å²) in [7, 11) is 0. The maximum Gasteiger partial charge on any atom is 0.166 e. The van der Waals surface area contributed by atoms with Crippen LogP contribution in [0.5, 0.6) is 0 Å². The number of hydrogen-bond acceptors (Lipinski definition) is 3. The predicted molar refractivity (Wildman–Crippen MR) is 110 cm³/mol. The highest BCUT2D eigenvalue weighted by molar-refractivity contribution is 7.80. The van der Waals surface area contributed by atoms with E-state index in [4.69, 9.17) is 17.0 Å². The summed E-state index contributed by atoms with van der Waals surface area (Å²) in [5.41, 5.74) is 2.66. The van der Waals surface area contributed by atoms with E-state index in [1.807, 2.05) is 6.07 Å². The number of hydrogen-bond donors (Lipinski definition) is 2. The molecule has 1 heterocycles. The molecule has 1 aliphatic heterocycles. The van der Waals surface area contributed by atoms with E-state index in [2.05, 4.69) is 70.1 Å². The SMILES string of the molecule is S=C(NCCc1ccccc1)NC[C@@H]1CN(Cc2ccccc2)CCO1. The molecular formula is C21H27N3OS. The molecule has 2 aromatic carbocycles. The van der Waals surface area contributed by atoms with Crippen LogP contribution < -0.4 is 10.6 Å². The molecule has 0 bridgehead atoms. The number of morpholine rings is 1. The summed E-state index contributed by atoms with van der Waals surface area (Å²) in [6.45, 7) is 5.22. The molecule has 0 aromatic heterocycles. The van der Waals surface area contributed by atoms with Crippen LogP contribution >= 0.6 is 12.2 Å². The smallest absolute Gasteiger partial charge is 0.166 e. The van der Waals surface area contributed by atoms with E-state index in [-0.39, 0.29) is 6.10 Å². The Morgan fingerprint density at radius 3 is 2.42 bits per heavy atom. The molecule has 1 fully saturated rings. The number of thiocarbonyl (C=S) groups is 1. The van der Waals surface area contributed by atoms with Crippen LogP contribution in [0.15, 0.2) is 60.7 Å². The van der Waals surface area contributed by atoms with Crippen molar-refractivity contribution >= 4 is 17.3 Å². The zero-order valence-electron chi connectivity index (χ0n) is 15.1. The minimum Gasteiger partial charge on any atom is -0.374 e. The molecule has 26 heavy (non-hydrogen) atoms. The van der Waals surface area contributed by atoms with Crippen LogP contribution in [-0.2, 0) is 17.7 Å². The Bertz CT molecular complexity index is 665. The molecular weight excluding hydrogens is 342 g/mol. The lowest BCUT2D eigenvalue weighted by atomic mass is 10.1.